The molecule has 0 aliphatic heterocycles. The Kier molecular flexibility index (Phi) is 4.40. The minimum atomic E-state index is -3.60. The normalized spacial score (nSPS) is 16.9. The van der Waals surface area contributed by atoms with E-state index in [0.29, 0.717) is 23.4 Å². The molecule has 1 aliphatic rings. The molecule has 19 heavy (non-hydrogen) atoms. The second-order valence-electron chi connectivity index (χ2n) is 4.72. The molecule has 0 spiro atoms. The van der Waals surface area contributed by atoms with Crippen LogP contribution in [0.4, 0.5) is 0 Å². The fourth-order valence-corrected chi connectivity index (χ4v) is 4.46. The fourth-order valence-electron chi connectivity index (χ4n) is 2.43. The van der Waals surface area contributed by atoms with Crippen LogP contribution in [0.15, 0.2) is 24.3 Å². The van der Waals surface area contributed by atoms with Crippen LogP contribution in [0, 0.1) is 0 Å². The molecule has 1 fully saturated rings. The molecule has 0 atom stereocenters. The first kappa shape index (κ1) is 14.3. The van der Waals surface area contributed by atoms with E-state index in [9.17, 15) is 8.42 Å². The highest BCUT2D eigenvalue weighted by Gasteiger charge is 2.38. The van der Waals surface area contributed by atoms with Crippen molar-refractivity contribution in [1.82, 2.24) is 0 Å². The molecule has 1 aliphatic carbocycles. The maximum Gasteiger partial charge on any atom is 0.412 e. The maximum absolute atomic E-state index is 12.5. The highest BCUT2D eigenvalue weighted by molar-refractivity contribution is 8.07. The average Bonchev–Trinajstić information content (AvgIpc) is 2.40. The first-order valence-corrected chi connectivity index (χ1v) is 8.20. The molecule has 0 heterocycles. The molecule has 102 valence electrons. The van der Waals surface area contributed by atoms with Gasteiger partial charge in [-0.1, -0.05) is 36.9 Å². The van der Waals surface area contributed by atoms with Crippen molar-refractivity contribution in [3.8, 4) is 0 Å². The molecule has 0 saturated heterocycles. The van der Waals surface area contributed by atoms with Gasteiger partial charge in [0.1, 0.15) is 0 Å². The summed E-state index contributed by atoms with van der Waals surface area (Å²) in [6.07, 6.45) is 4.12. The molecule has 2 rings (SSSR count). The van der Waals surface area contributed by atoms with E-state index in [-0.39, 0.29) is 5.04 Å². The van der Waals surface area contributed by atoms with Crippen LogP contribution in [0.3, 0.4) is 0 Å². The van der Waals surface area contributed by atoms with Crippen molar-refractivity contribution >= 4 is 26.5 Å². The second kappa shape index (κ2) is 5.87. The third-order valence-electron chi connectivity index (χ3n) is 3.42. The summed E-state index contributed by atoms with van der Waals surface area (Å²) < 4.78 is 25.0. The third kappa shape index (κ3) is 3.06. The van der Waals surface area contributed by atoms with Crippen molar-refractivity contribution in [3.05, 3.63) is 40.4 Å². The molecule has 0 radical (unpaired) electrons. The van der Waals surface area contributed by atoms with Crippen molar-refractivity contribution in [2.24, 2.45) is 0 Å². The predicted molar refractivity (Wildman–Crippen MR) is 75.0 cm³/mol. The predicted octanol–water partition coefficient (Wildman–Crippen LogP) is 3.06. The van der Waals surface area contributed by atoms with Crippen LogP contribution in [0.5, 0.6) is 0 Å². The van der Waals surface area contributed by atoms with E-state index in [0.717, 1.165) is 19.3 Å². The van der Waals surface area contributed by atoms with Crippen molar-refractivity contribution < 1.29 is 13.2 Å². The number of sulfone groups is 1. The maximum atomic E-state index is 12.5. The van der Waals surface area contributed by atoms with Gasteiger partial charge in [-0.2, -0.15) is 4.79 Å². The molecule has 4 nitrogen and oxygen atoms in total. The molecule has 0 amide bonds. The van der Waals surface area contributed by atoms with E-state index in [4.69, 9.17) is 17.1 Å². The van der Waals surface area contributed by atoms with Gasteiger partial charge in [-0.15, -0.1) is 0 Å². The topological polar surface area (TPSA) is 70.5 Å². The van der Waals surface area contributed by atoms with E-state index < -0.39 is 15.1 Å². The SMILES string of the molecule is [N-]=[N+]=C(c1cccc(Cl)c1)S(=O)(=O)C1CCCCC1. The van der Waals surface area contributed by atoms with Crippen LogP contribution in [0.25, 0.3) is 5.53 Å². The van der Waals surface area contributed by atoms with E-state index >= 15 is 0 Å². The smallest absolute Gasteiger partial charge is 0.360 e. The highest BCUT2D eigenvalue weighted by Crippen LogP contribution is 2.26. The van der Waals surface area contributed by atoms with Gasteiger partial charge in [0.2, 0.25) is 0 Å². The highest BCUT2D eigenvalue weighted by atomic mass is 35.5. The summed E-state index contributed by atoms with van der Waals surface area (Å²) in [5, 5.41) is -0.314. The summed E-state index contributed by atoms with van der Waals surface area (Å²) in [6, 6.07) is 6.37. The van der Waals surface area contributed by atoms with Gasteiger partial charge in [-0.3, -0.25) is 0 Å². The Morgan fingerprint density at radius 2 is 1.95 bits per heavy atom. The minimum absolute atomic E-state index is 0.276. The van der Waals surface area contributed by atoms with E-state index in [1.54, 1.807) is 18.2 Å². The average molecular weight is 299 g/mol. The number of hydrogen-bond donors (Lipinski definition) is 0. The lowest BCUT2D eigenvalue weighted by Gasteiger charge is -2.19. The summed E-state index contributed by atoms with van der Waals surface area (Å²) in [5.74, 6) is 0. The monoisotopic (exact) mass is 298 g/mol. The van der Waals surface area contributed by atoms with Gasteiger partial charge in [0.15, 0.2) is 0 Å². The van der Waals surface area contributed by atoms with Crippen LogP contribution < -0.4 is 0 Å². The molecule has 1 aromatic rings. The fraction of sp³-hybridized carbons (Fsp3) is 0.462. The second-order valence-corrected chi connectivity index (χ2v) is 7.30. The van der Waals surface area contributed by atoms with Crippen LogP contribution >= 0.6 is 11.6 Å². The first-order valence-electron chi connectivity index (χ1n) is 6.27. The van der Waals surface area contributed by atoms with Crippen molar-refractivity contribution in [2.75, 3.05) is 0 Å². The lowest BCUT2D eigenvalue weighted by atomic mass is 10.0. The Morgan fingerprint density at radius 3 is 2.53 bits per heavy atom. The Bertz CT molecular complexity index is 615. The van der Waals surface area contributed by atoms with Crippen molar-refractivity contribution in [3.63, 3.8) is 0 Å². The zero-order chi connectivity index (χ0) is 13.9. The number of rotatable bonds is 2. The van der Waals surface area contributed by atoms with Gasteiger partial charge in [0.25, 0.3) is 9.84 Å². The summed E-state index contributed by atoms with van der Waals surface area (Å²) in [6.45, 7) is 0. The molecular formula is C13H15ClN2O2S. The standard InChI is InChI=1S/C13H15ClN2O2S/c14-11-6-4-5-10(9-11)13(16-15)19(17,18)12-7-2-1-3-8-12/h4-6,9,12H,1-3,7-8H2. The zero-order valence-corrected chi connectivity index (χ0v) is 12.0. The molecule has 0 bridgehead atoms. The molecule has 0 N–H and O–H groups in total. The Morgan fingerprint density at radius 1 is 1.26 bits per heavy atom. The van der Waals surface area contributed by atoms with Crippen molar-refractivity contribution in [1.29, 1.82) is 0 Å². The summed E-state index contributed by atoms with van der Waals surface area (Å²) in [7, 11) is -3.60. The lowest BCUT2D eigenvalue weighted by molar-refractivity contribution is 0.000497. The van der Waals surface area contributed by atoms with Gasteiger partial charge in [-0.05, 0) is 31.0 Å². The number of halogens is 1. The molecule has 1 saturated carbocycles. The number of nitrogens with zero attached hydrogens (tertiary/aromatic N) is 2. The van der Waals surface area contributed by atoms with Crippen LogP contribution in [0.2, 0.25) is 5.02 Å². The van der Waals surface area contributed by atoms with Gasteiger partial charge < -0.3 is 5.53 Å². The summed E-state index contributed by atoms with van der Waals surface area (Å²) in [5.41, 5.74) is 9.44. The van der Waals surface area contributed by atoms with Gasteiger partial charge in [-0.25, -0.2) is 8.42 Å². The zero-order valence-electron chi connectivity index (χ0n) is 10.4. The van der Waals surface area contributed by atoms with Crippen LogP contribution in [0.1, 0.15) is 37.7 Å². The number of benzene rings is 1. The first-order chi connectivity index (χ1) is 9.05. The lowest BCUT2D eigenvalue weighted by Crippen LogP contribution is -2.31. The van der Waals surface area contributed by atoms with Crippen molar-refractivity contribution in [2.45, 2.75) is 37.4 Å². The molecular weight excluding hydrogens is 284 g/mol. The third-order valence-corrected chi connectivity index (χ3v) is 5.86. The number of hydrogen-bond acceptors (Lipinski definition) is 2. The summed E-state index contributed by atoms with van der Waals surface area (Å²) >= 11 is 5.85. The largest absolute Gasteiger partial charge is 0.412 e. The Balaban J connectivity index is 2.39. The molecule has 1 aromatic carbocycles. The van der Waals surface area contributed by atoms with E-state index in [1.807, 2.05) is 0 Å². The minimum Gasteiger partial charge on any atom is -0.360 e. The van der Waals surface area contributed by atoms with Gasteiger partial charge >= 0.3 is 5.04 Å². The van der Waals surface area contributed by atoms with Crippen LogP contribution in [-0.4, -0.2) is 23.5 Å². The van der Waals surface area contributed by atoms with E-state index in [2.05, 4.69) is 4.79 Å². The quantitative estimate of drug-likeness (QED) is 0.364. The summed E-state index contributed by atoms with van der Waals surface area (Å²) in [4.78, 5) is 3.02. The van der Waals surface area contributed by atoms with Crippen LogP contribution in [-0.2, 0) is 9.84 Å². The Hall–Kier alpha value is -1.16. The van der Waals surface area contributed by atoms with Gasteiger partial charge in [0, 0.05) is 5.02 Å². The Labute approximate surface area is 117 Å². The molecule has 0 unspecified atom stereocenters. The van der Waals surface area contributed by atoms with E-state index in [1.165, 1.54) is 6.07 Å². The molecule has 6 heteroatoms. The van der Waals surface area contributed by atoms with Gasteiger partial charge in [0.05, 0.1) is 10.8 Å². The molecule has 0 aromatic heterocycles.